The summed E-state index contributed by atoms with van der Waals surface area (Å²) in [5.74, 6) is -2.36. The average molecular weight is 354 g/mol. The van der Waals surface area contributed by atoms with Gasteiger partial charge in [-0.3, -0.25) is 4.79 Å². The molecule has 0 aromatic carbocycles. The minimum Gasteiger partial charge on any atom is -0.478 e. The highest BCUT2D eigenvalue weighted by molar-refractivity contribution is 5.79. The number of rotatable bonds is 3. The standard InChI is InChI=1S/C19H30O6/c1-11(20)25-14-15-17(2,3)9-6-10-18(15,4)12(7-8-13(21)22)19(5,24)16(14)23/h7-8,12,14-16,23-24H,6,9-10H2,1-5H3,(H,21,22). The molecule has 0 aromatic rings. The summed E-state index contributed by atoms with van der Waals surface area (Å²) in [6, 6.07) is 0. The van der Waals surface area contributed by atoms with E-state index in [1.165, 1.54) is 19.9 Å². The van der Waals surface area contributed by atoms with Gasteiger partial charge in [-0.05, 0) is 30.6 Å². The van der Waals surface area contributed by atoms with Gasteiger partial charge in [0.25, 0.3) is 0 Å². The van der Waals surface area contributed by atoms with Crippen molar-refractivity contribution in [3.05, 3.63) is 12.2 Å². The van der Waals surface area contributed by atoms with Crippen molar-refractivity contribution in [1.29, 1.82) is 0 Å². The summed E-state index contributed by atoms with van der Waals surface area (Å²) in [7, 11) is 0. The highest BCUT2D eigenvalue weighted by Crippen LogP contribution is 2.62. The molecule has 6 heteroatoms. The minimum atomic E-state index is -1.61. The first-order valence-electron chi connectivity index (χ1n) is 8.83. The Morgan fingerprint density at radius 3 is 2.28 bits per heavy atom. The molecule has 142 valence electrons. The van der Waals surface area contributed by atoms with Crippen LogP contribution in [0.3, 0.4) is 0 Å². The van der Waals surface area contributed by atoms with E-state index >= 15 is 0 Å². The molecule has 2 fully saturated rings. The molecule has 6 unspecified atom stereocenters. The van der Waals surface area contributed by atoms with Crippen molar-refractivity contribution >= 4 is 11.9 Å². The first-order valence-corrected chi connectivity index (χ1v) is 8.83. The number of carboxylic acids is 1. The predicted octanol–water partition coefficient (Wildman–Crippen LogP) is 2.13. The second-order valence-corrected chi connectivity index (χ2v) is 8.75. The van der Waals surface area contributed by atoms with Gasteiger partial charge in [0, 0.05) is 24.8 Å². The number of carbonyl (C=O) groups is 2. The molecule has 0 amide bonds. The molecule has 0 radical (unpaired) electrons. The molecule has 2 rings (SSSR count). The molecular weight excluding hydrogens is 324 g/mol. The van der Waals surface area contributed by atoms with E-state index < -0.39 is 41.1 Å². The maximum Gasteiger partial charge on any atom is 0.327 e. The summed E-state index contributed by atoms with van der Waals surface area (Å²) < 4.78 is 5.49. The number of esters is 1. The van der Waals surface area contributed by atoms with E-state index in [4.69, 9.17) is 9.84 Å². The molecule has 0 saturated heterocycles. The third-order valence-electron chi connectivity index (χ3n) is 6.40. The Balaban J connectivity index is 2.61. The number of carbonyl (C=O) groups excluding carboxylic acids is 1. The van der Waals surface area contributed by atoms with Crippen molar-refractivity contribution in [2.75, 3.05) is 0 Å². The molecule has 25 heavy (non-hydrogen) atoms. The fourth-order valence-corrected chi connectivity index (χ4v) is 5.58. The Morgan fingerprint density at radius 2 is 1.76 bits per heavy atom. The summed E-state index contributed by atoms with van der Waals surface area (Å²) in [6.45, 7) is 8.96. The van der Waals surface area contributed by atoms with Crippen LogP contribution in [0.15, 0.2) is 12.2 Å². The molecule has 0 spiro atoms. The maximum atomic E-state index is 11.6. The summed E-state index contributed by atoms with van der Waals surface area (Å²) >= 11 is 0. The van der Waals surface area contributed by atoms with E-state index in [0.29, 0.717) is 0 Å². The zero-order valence-corrected chi connectivity index (χ0v) is 15.7. The normalized spacial score (nSPS) is 43.5. The van der Waals surface area contributed by atoms with Gasteiger partial charge in [-0.15, -0.1) is 0 Å². The second kappa shape index (κ2) is 6.40. The molecule has 6 atom stereocenters. The Labute approximate surface area is 148 Å². The van der Waals surface area contributed by atoms with Gasteiger partial charge in [0.05, 0.1) is 5.60 Å². The molecule has 2 aliphatic rings. The van der Waals surface area contributed by atoms with Gasteiger partial charge in [0.2, 0.25) is 0 Å². The number of aliphatic hydroxyl groups is 2. The van der Waals surface area contributed by atoms with Crippen LogP contribution in [-0.4, -0.2) is 45.1 Å². The van der Waals surface area contributed by atoms with E-state index in [1.54, 1.807) is 0 Å². The van der Waals surface area contributed by atoms with Crippen LogP contribution in [0.5, 0.6) is 0 Å². The van der Waals surface area contributed by atoms with Crippen LogP contribution in [-0.2, 0) is 14.3 Å². The number of carboxylic acid groups (broad SMARTS) is 1. The van der Waals surface area contributed by atoms with Crippen molar-refractivity contribution in [3.8, 4) is 0 Å². The van der Waals surface area contributed by atoms with Crippen LogP contribution in [0, 0.1) is 22.7 Å². The molecule has 0 aromatic heterocycles. The van der Waals surface area contributed by atoms with E-state index in [0.717, 1.165) is 25.3 Å². The van der Waals surface area contributed by atoms with Gasteiger partial charge < -0.3 is 20.1 Å². The number of ether oxygens (including phenoxy) is 1. The summed E-state index contributed by atoms with van der Waals surface area (Å²) in [5, 5.41) is 31.0. The summed E-state index contributed by atoms with van der Waals surface area (Å²) in [6.07, 6.45) is 2.99. The fourth-order valence-electron chi connectivity index (χ4n) is 5.58. The van der Waals surface area contributed by atoms with Crippen molar-refractivity contribution in [2.45, 2.75) is 71.7 Å². The third-order valence-corrected chi connectivity index (χ3v) is 6.40. The first-order chi connectivity index (χ1) is 11.3. The van der Waals surface area contributed by atoms with Gasteiger partial charge in [0.15, 0.2) is 0 Å². The lowest BCUT2D eigenvalue weighted by molar-refractivity contribution is -0.261. The van der Waals surface area contributed by atoms with Gasteiger partial charge >= 0.3 is 11.9 Å². The lowest BCUT2D eigenvalue weighted by atomic mass is 9.44. The molecule has 2 aliphatic carbocycles. The molecule has 2 saturated carbocycles. The number of aliphatic hydroxyl groups excluding tert-OH is 1. The highest BCUT2D eigenvalue weighted by atomic mass is 16.6. The van der Waals surface area contributed by atoms with Crippen LogP contribution in [0.25, 0.3) is 0 Å². The monoisotopic (exact) mass is 354 g/mol. The second-order valence-electron chi connectivity index (χ2n) is 8.75. The molecule has 3 N–H and O–H groups in total. The van der Waals surface area contributed by atoms with E-state index in [-0.39, 0.29) is 11.3 Å². The quantitative estimate of drug-likeness (QED) is 0.530. The van der Waals surface area contributed by atoms with E-state index in [9.17, 15) is 19.8 Å². The average Bonchev–Trinajstić information content (AvgIpc) is 2.42. The zero-order chi connectivity index (χ0) is 19.2. The first kappa shape index (κ1) is 19.9. The third kappa shape index (κ3) is 3.34. The SMILES string of the molecule is CC(=O)OC1C(O)C(C)(O)C(C=CC(=O)O)C2(C)CCCC(C)(C)C12. The van der Waals surface area contributed by atoms with Gasteiger partial charge in [-0.25, -0.2) is 4.79 Å². The van der Waals surface area contributed by atoms with E-state index in [1.807, 2.05) is 6.92 Å². The van der Waals surface area contributed by atoms with Gasteiger partial charge in [-0.1, -0.05) is 33.3 Å². The van der Waals surface area contributed by atoms with Crippen LogP contribution in [0.2, 0.25) is 0 Å². The van der Waals surface area contributed by atoms with Crippen LogP contribution < -0.4 is 0 Å². The summed E-state index contributed by atoms with van der Waals surface area (Å²) in [5.41, 5.74) is -2.33. The lowest BCUT2D eigenvalue weighted by Crippen LogP contribution is -2.70. The molecule has 0 bridgehead atoms. The fraction of sp³-hybridized carbons (Fsp3) is 0.789. The van der Waals surface area contributed by atoms with Crippen molar-refractivity contribution < 1.29 is 29.6 Å². The van der Waals surface area contributed by atoms with Crippen molar-refractivity contribution in [2.24, 2.45) is 22.7 Å². The topological polar surface area (TPSA) is 104 Å². The Hall–Kier alpha value is -1.40. The highest BCUT2D eigenvalue weighted by Gasteiger charge is 2.65. The molecule has 6 nitrogen and oxygen atoms in total. The van der Waals surface area contributed by atoms with Crippen molar-refractivity contribution in [1.82, 2.24) is 0 Å². The number of hydrogen-bond donors (Lipinski definition) is 3. The van der Waals surface area contributed by atoms with Gasteiger partial charge in [-0.2, -0.15) is 0 Å². The number of hydrogen-bond acceptors (Lipinski definition) is 5. The molecular formula is C19H30O6. The van der Waals surface area contributed by atoms with Crippen LogP contribution in [0.4, 0.5) is 0 Å². The van der Waals surface area contributed by atoms with Crippen molar-refractivity contribution in [3.63, 3.8) is 0 Å². The Morgan fingerprint density at radius 1 is 1.16 bits per heavy atom. The lowest BCUT2D eigenvalue weighted by Gasteiger charge is -2.63. The maximum absolute atomic E-state index is 11.6. The molecule has 0 aliphatic heterocycles. The van der Waals surface area contributed by atoms with Gasteiger partial charge in [0.1, 0.15) is 12.2 Å². The molecule has 0 heterocycles. The predicted molar refractivity (Wildman–Crippen MR) is 91.7 cm³/mol. The Bertz CT molecular complexity index is 578. The summed E-state index contributed by atoms with van der Waals surface area (Å²) in [4.78, 5) is 22.7. The number of aliphatic carboxylic acids is 1. The Kier molecular flexibility index (Phi) is 5.10. The van der Waals surface area contributed by atoms with Crippen LogP contribution in [0.1, 0.15) is 53.9 Å². The number of fused-ring (bicyclic) bond motifs is 1. The zero-order valence-electron chi connectivity index (χ0n) is 15.7. The minimum absolute atomic E-state index is 0.198. The van der Waals surface area contributed by atoms with E-state index in [2.05, 4.69) is 13.8 Å². The smallest absolute Gasteiger partial charge is 0.327 e. The largest absolute Gasteiger partial charge is 0.478 e. The van der Waals surface area contributed by atoms with Crippen LogP contribution >= 0.6 is 0 Å².